The summed E-state index contributed by atoms with van der Waals surface area (Å²) in [5.74, 6) is -1.07. The molecular formula is C23H34O8. The third kappa shape index (κ3) is 7.00. The molecule has 8 nitrogen and oxygen atoms in total. The fraction of sp³-hybridized carbons (Fsp3) is 0.652. The Balaban J connectivity index is 2.16. The van der Waals surface area contributed by atoms with E-state index in [1.807, 2.05) is 30.3 Å². The number of esters is 2. The van der Waals surface area contributed by atoms with E-state index >= 15 is 0 Å². The lowest BCUT2D eigenvalue weighted by Crippen LogP contribution is -2.61. The van der Waals surface area contributed by atoms with Crippen LogP contribution in [0, 0.1) is 10.8 Å². The highest BCUT2D eigenvalue weighted by Gasteiger charge is 2.49. The van der Waals surface area contributed by atoms with Crippen molar-refractivity contribution in [3.05, 3.63) is 35.9 Å². The fourth-order valence-corrected chi connectivity index (χ4v) is 2.74. The summed E-state index contributed by atoms with van der Waals surface area (Å²) in [6.07, 6.45) is -6.39. The summed E-state index contributed by atoms with van der Waals surface area (Å²) >= 11 is 0. The monoisotopic (exact) mass is 438 g/mol. The average Bonchev–Trinajstić information content (AvgIpc) is 2.68. The lowest BCUT2D eigenvalue weighted by molar-refractivity contribution is -0.308. The summed E-state index contributed by atoms with van der Waals surface area (Å²) in [5.41, 5.74) is -0.726. The van der Waals surface area contributed by atoms with Crippen molar-refractivity contribution in [3.63, 3.8) is 0 Å². The molecule has 0 bridgehead atoms. The van der Waals surface area contributed by atoms with Gasteiger partial charge in [-0.05, 0) is 47.1 Å². The molecule has 0 amide bonds. The molecule has 2 N–H and O–H groups in total. The molecule has 5 unspecified atom stereocenters. The van der Waals surface area contributed by atoms with Gasteiger partial charge in [0.1, 0.15) is 24.9 Å². The van der Waals surface area contributed by atoms with Crippen LogP contribution in [0.4, 0.5) is 0 Å². The Morgan fingerprint density at radius 3 is 2.06 bits per heavy atom. The lowest BCUT2D eigenvalue weighted by atomic mass is 9.95. The van der Waals surface area contributed by atoms with Crippen molar-refractivity contribution in [2.45, 2.75) is 78.9 Å². The molecule has 0 saturated carbocycles. The van der Waals surface area contributed by atoms with Crippen LogP contribution in [0.5, 0.6) is 0 Å². The zero-order valence-electron chi connectivity index (χ0n) is 19.0. The summed E-state index contributed by atoms with van der Waals surface area (Å²) < 4.78 is 22.1. The number of carbonyl (C=O) groups excluding carboxylic acids is 2. The molecule has 1 aromatic rings. The Morgan fingerprint density at radius 2 is 1.52 bits per heavy atom. The molecule has 0 aliphatic carbocycles. The minimum Gasteiger partial charge on any atom is -0.462 e. The van der Waals surface area contributed by atoms with E-state index in [0.717, 1.165) is 5.56 Å². The smallest absolute Gasteiger partial charge is 0.311 e. The van der Waals surface area contributed by atoms with E-state index in [-0.39, 0.29) is 13.2 Å². The predicted molar refractivity (Wildman–Crippen MR) is 112 cm³/mol. The standard InChI is InChI=1S/C23H34O8/c1-22(2,3)20(26)29-13-15-16(24)18(31-21(27)23(4,5)6)17(25)19(30-15)28-12-14-10-8-7-9-11-14/h7-11,15-19,24-25H,12-13H2,1-6H3. The first kappa shape index (κ1) is 25.3. The number of hydrogen-bond donors (Lipinski definition) is 2. The van der Waals surface area contributed by atoms with Crippen molar-refractivity contribution in [3.8, 4) is 0 Å². The molecule has 5 atom stereocenters. The van der Waals surface area contributed by atoms with Gasteiger partial charge in [0.05, 0.1) is 17.4 Å². The summed E-state index contributed by atoms with van der Waals surface area (Å²) in [7, 11) is 0. The molecule has 31 heavy (non-hydrogen) atoms. The van der Waals surface area contributed by atoms with Gasteiger partial charge in [-0.2, -0.15) is 0 Å². The highest BCUT2D eigenvalue weighted by Crippen LogP contribution is 2.28. The SMILES string of the molecule is CC(C)(C)C(=O)OCC1OC(OCc2ccccc2)C(O)C(OC(=O)C(C)(C)C)C1O. The number of aliphatic hydroxyl groups is 2. The van der Waals surface area contributed by atoms with Gasteiger partial charge >= 0.3 is 11.9 Å². The van der Waals surface area contributed by atoms with Crippen molar-refractivity contribution in [1.82, 2.24) is 0 Å². The quantitative estimate of drug-likeness (QED) is 0.650. The van der Waals surface area contributed by atoms with Crippen molar-refractivity contribution in [2.75, 3.05) is 6.61 Å². The molecule has 1 aromatic carbocycles. The van der Waals surface area contributed by atoms with Crippen LogP contribution in [-0.4, -0.2) is 59.5 Å². The van der Waals surface area contributed by atoms with Gasteiger partial charge in [-0.3, -0.25) is 9.59 Å². The van der Waals surface area contributed by atoms with Crippen molar-refractivity contribution in [2.24, 2.45) is 10.8 Å². The summed E-state index contributed by atoms with van der Waals surface area (Å²) in [5, 5.41) is 21.4. The third-order valence-corrected chi connectivity index (χ3v) is 4.75. The number of carbonyl (C=O) groups is 2. The third-order valence-electron chi connectivity index (χ3n) is 4.75. The summed E-state index contributed by atoms with van der Waals surface area (Å²) in [6.45, 7) is 9.97. The molecule has 1 aliphatic heterocycles. The molecule has 1 aliphatic rings. The number of benzene rings is 1. The van der Waals surface area contributed by atoms with E-state index in [9.17, 15) is 19.8 Å². The minimum absolute atomic E-state index is 0.132. The van der Waals surface area contributed by atoms with Crippen LogP contribution in [0.2, 0.25) is 0 Å². The van der Waals surface area contributed by atoms with E-state index in [0.29, 0.717) is 0 Å². The molecule has 8 heteroatoms. The highest BCUT2D eigenvalue weighted by atomic mass is 16.7. The Morgan fingerprint density at radius 1 is 0.935 bits per heavy atom. The Hall–Kier alpha value is -2.00. The van der Waals surface area contributed by atoms with Gasteiger partial charge < -0.3 is 29.2 Å². The fourth-order valence-electron chi connectivity index (χ4n) is 2.74. The van der Waals surface area contributed by atoms with Crippen LogP contribution >= 0.6 is 0 Å². The van der Waals surface area contributed by atoms with Gasteiger partial charge in [0.15, 0.2) is 12.4 Å². The zero-order valence-corrected chi connectivity index (χ0v) is 19.0. The molecule has 1 heterocycles. The minimum atomic E-state index is -1.43. The average molecular weight is 439 g/mol. The first-order valence-electron chi connectivity index (χ1n) is 10.4. The van der Waals surface area contributed by atoms with Crippen LogP contribution < -0.4 is 0 Å². The first-order valence-corrected chi connectivity index (χ1v) is 10.4. The van der Waals surface area contributed by atoms with Crippen LogP contribution in [0.3, 0.4) is 0 Å². The Labute approximate surface area is 183 Å². The largest absolute Gasteiger partial charge is 0.462 e. The second-order valence-electron chi connectivity index (χ2n) is 9.79. The number of hydrogen-bond acceptors (Lipinski definition) is 8. The van der Waals surface area contributed by atoms with Gasteiger partial charge in [-0.1, -0.05) is 30.3 Å². The topological polar surface area (TPSA) is 112 Å². The zero-order chi connectivity index (χ0) is 23.4. The van der Waals surface area contributed by atoms with Crippen LogP contribution in [-0.2, 0) is 35.1 Å². The number of aliphatic hydroxyl groups excluding tert-OH is 2. The van der Waals surface area contributed by atoms with Crippen LogP contribution in [0.25, 0.3) is 0 Å². The second-order valence-corrected chi connectivity index (χ2v) is 9.79. The summed E-state index contributed by atoms with van der Waals surface area (Å²) in [6, 6.07) is 9.27. The summed E-state index contributed by atoms with van der Waals surface area (Å²) in [4.78, 5) is 24.5. The molecule has 1 fully saturated rings. The molecule has 0 aromatic heterocycles. The van der Waals surface area contributed by atoms with E-state index in [1.165, 1.54) is 0 Å². The molecule has 0 spiro atoms. The van der Waals surface area contributed by atoms with Gasteiger partial charge in [0.2, 0.25) is 0 Å². The van der Waals surface area contributed by atoms with Crippen LogP contribution in [0.1, 0.15) is 47.1 Å². The second kappa shape index (κ2) is 10.1. The Kier molecular flexibility index (Phi) is 8.21. The number of ether oxygens (including phenoxy) is 4. The molecule has 1 saturated heterocycles. The highest BCUT2D eigenvalue weighted by molar-refractivity contribution is 5.76. The van der Waals surface area contributed by atoms with E-state index < -0.39 is 53.5 Å². The van der Waals surface area contributed by atoms with Crippen molar-refractivity contribution in [1.29, 1.82) is 0 Å². The van der Waals surface area contributed by atoms with Crippen molar-refractivity contribution < 1.29 is 38.7 Å². The maximum atomic E-state index is 12.4. The lowest BCUT2D eigenvalue weighted by Gasteiger charge is -2.42. The van der Waals surface area contributed by atoms with Gasteiger partial charge in [-0.15, -0.1) is 0 Å². The molecule has 174 valence electrons. The van der Waals surface area contributed by atoms with Crippen LogP contribution in [0.15, 0.2) is 30.3 Å². The van der Waals surface area contributed by atoms with E-state index in [2.05, 4.69) is 0 Å². The molecule has 0 radical (unpaired) electrons. The molecular weight excluding hydrogens is 404 g/mol. The van der Waals surface area contributed by atoms with E-state index in [4.69, 9.17) is 18.9 Å². The van der Waals surface area contributed by atoms with E-state index in [1.54, 1.807) is 41.5 Å². The predicted octanol–water partition coefficient (Wildman–Crippen LogP) is 2.20. The number of rotatable bonds is 6. The maximum Gasteiger partial charge on any atom is 0.311 e. The van der Waals surface area contributed by atoms with Gasteiger partial charge in [0.25, 0.3) is 0 Å². The van der Waals surface area contributed by atoms with Gasteiger partial charge in [-0.25, -0.2) is 0 Å². The van der Waals surface area contributed by atoms with Crippen molar-refractivity contribution >= 4 is 11.9 Å². The first-order chi connectivity index (χ1) is 14.3. The normalized spacial score (nSPS) is 26.9. The maximum absolute atomic E-state index is 12.4. The Bertz CT molecular complexity index is 734. The van der Waals surface area contributed by atoms with Gasteiger partial charge in [0, 0.05) is 0 Å². The molecule has 2 rings (SSSR count).